The molecule has 0 aromatic carbocycles. The number of hydrogen-bond donors (Lipinski definition) is 0. The van der Waals surface area contributed by atoms with Crippen LogP contribution < -0.4 is 0 Å². The van der Waals surface area contributed by atoms with Gasteiger partial charge in [0.2, 0.25) is 0 Å². The number of halogens is 2. The van der Waals surface area contributed by atoms with Crippen molar-refractivity contribution >= 4 is 17.3 Å². The van der Waals surface area contributed by atoms with Crippen molar-refractivity contribution in [2.75, 3.05) is 6.67 Å². The summed E-state index contributed by atoms with van der Waals surface area (Å²) < 4.78 is 11.9. The van der Waals surface area contributed by atoms with Crippen LogP contribution in [0.2, 0.25) is 0 Å². The first-order valence-electron chi connectivity index (χ1n) is 3.19. The van der Waals surface area contributed by atoms with E-state index in [9.17, 15) is 4.39 Å². The minimum atomic E-state index is -0.528. The Balaban J connectivity index is 4.26. The maximum absolute atomic E-state index is 11.9. The number of aliphatic imine (C=N–C) groups is 1. The van der Waals surface area contributed by atoms with Gasteiger partial charge in [-0.2, -0.15) is 0 Å². The predicted octanol–water partition coefficient (Wildman–Crippen LogP) is 3.07. The van der Waals surface area contributed by atoms with Crippen molar-refractivity contribution in [2.45, 2.75) is 13.8 Å². The molecule has 0 aromatic heterocycles. The van der Waals surface area contributed by atoms with Crippen LogP contribution in [-0.4, -0.2) is 12.4 Å². The third-order valence-electron chi connectivity index (χ3n) is 0.926. The Hall–Kier alpha value is -0.630. The van der Waals surface area contributed by atoms with Crippen LogP contribution in [0.5, 0.6) is 0 Å². The lowest BCUT2D eigenvalue weighted by atomic mass is 10.4. The van der Waals surface area contributed by atoms with Crippen molar-refractivity contribution in [3.05, 3.63) is 23.4 Å². The van der Waals surface area contributed by atoms with Gasteiger partial charge in [0.15, 0.2) is 0 Å². The van der Waals surface area contributed by atoms with E-state index in [0.29, 0.717) is 16.4 Å². The van der Waals surface area contributed by atoms with Crippen molar-refractivity contribution in [1.29, 1.82) is 0 Å². The molecule has 0 aliphatic heterocycles. The van der Waals surface area contributed by atoms with Crippen molar-refractivity contribution in [3.8, 4) is 0 Å². The highest BCUT2D eigenvalue weighted by Crippen LogP contribution is 2.05. The maximum atomic E-state index is 11.9. The summed E-state index contributed by atoms with van der Waals surface area (Å²) in [6, 6.07) is 0. The first kappa shape index (κ1) is 10.4. The second-order valence-electron chi connectivity index (χ2n) is 2.21. The van der Waals surface area contributed by atoms with Gasteiger partial charge in [-0.3, -0.25) is 4.99 Å². The monoisotopic (exact) mass is 175 g/mol. The first-order valence-corrected chi connectivity index (χ1v) is 3.57. The first-order chi connectivity index (χ1) is 5.06. The van der Waals surface area contributed by atoms with Crippen LogP contribution in [0.3, 0.4) is 0 Å². The molecule has 0 aliphatic carbocycles. The number of alkyl halides is 1. The molecule has 0 spiro atoms. The van der Waals surface area contributed by atoms with E-state index >= 15 is 0 Å². The molecule has 0 amide bonds. The number of allylic oxidation sites excluding steroid dienone is 3. The van der Waals surface area contributed by atoms with Gasteiger partial charge in [-0.1, -0.05) is 18.2 Å². The topological polar surface area (TPSA) is 12.4 Å². The highest BCUT2D eigenvalue weighted by Gasteiger charge is 1.89. The van der Waals surface area contributed by atoms with Crippen LogP contribution in [0.15, 0.2) is 28.4 Å². The maximum Gasteiger partial charge on any atom is 0.127 e. The molecule has 0 rings (SSSR count). The SMILES string of the molecule is C=C(Cl)/C=C(\C)N=C(C)CF. The Bertz CT molecular complexity index is 206. The van der Waals surface area contributed by atoms with Gasteiger partial charge in [-0.05, 0) is 19.9 Å². The fourth-order valence-corrected chi connectivity index (χ4v) is 0.748. The Kier molecular flexibility index (Phi) is 4.79. The lowest BCUT2D eigenvalue weighted by Crippen LogP contribution is -1.92. The Morgan fingerprint density at radius 3 is 2.55 bits per heavy atom. The molecule has 1 nitrogen and oxygen atoms in total. The number of nitrogens with zero attached hydrogens (tertiary/aromatic N) is 1. The lowest BCUT2D eigenvalue weighted by molar-refractivity contribution is 0.580. The Morgan fingerprint density at radius 1 is 1.64 bits per heavy atom. The molecule has 0 bridgehead atoms. The minimum Gasteiger partial charge on any atom is -0.260 e. The van der Waals surface area contributed by atoms with Crippen LogP contribution in [-0.2, 0) is 0 Å². The van der Waals surface area contributed by atoms with Crippen molar-refractivity contribution in [2.24, 2.45) is 4.99 Å². The normalized spacial score (nSPS) is 13.5. The van der Waals surface area contributed by atoms with Gasteiger partial charge >= 0.3 is 0 Å². The number of rotatable bonds is 3. The molecule has 0 radical (unpaired) electrons. The second-order valence-corrected chi connectivity index (χ2v) is 2.70. The minimum absolute atomic E-state index is 0.401. The molecular formula is C8H11ClFN. The fourth-order valence-electron chi connectivity index (χ4n) is 0.590. The van der Waals surface area contributed by atoms with Gasteiger partial charge in [-0.15, -0.1) is 0 Å². The molecule has 0 unspecified atom stereocenters. The van der Waals surface area contributed by atoms with E-state index in [0.717, 1.165) is 0 Å². The van der Waals surface area contributed by atoms with Crippen LogP contribution in [0.1, 0.15) is 13.8 Å². The lowest BCUT2D eigenvalue weighted by Gasteiger charge is -1.93. The highest BCUT2D eigenvalue weighted by atomic mass is 35.5. The van der Waals surface area contributed by atoms with E-state index in [4.69, 9.17) is 11.6 Å². The van der Waals surface area contributed by atoms with Gasteiger partial charge in [0, 0.05) is 16.4 Å². The zero-order valence-corrected chi connectivity index (χ0v) is 7.45. The van der Waals surface area contributed by atoms with Crippen molar-refractivity contribution in [3.63, 3.8) is 0 Å². The van der Waals surface area contributed by atoms with E-state index in [1.54, 1.807) is 19.9 Å². The van der Waals surface area contributed by atoms with E-state index < -0.39 is 6.67 Å². The standard InChI is InChI=1S/C8H11ClFN/c1-6(9)4-7(2)11-8(3)5-10/h4H,1,5H2,2-3H3/b7-4+,11-8?. The molecule has 0 fully saturated rings. The largest absolute Gasteiger partial charge is 0.260 e. The van der Waals surface area contributed by atoms with E-state index in [-0.39, 0.29) is 0 Å². The van der Waals surface area contributed by atoms with Crippen molar-refractivity contribution in [1.82, 2.24) is 0 Å². The van der Waals surface area contributed by atoms with Gasteiger partial charge in [0.05, 0.1) is 0 Å². The van der Waals surface area contributed by atoms with Crippen LogP contribution in [0, 0.1) is 0 Å². The molecule has 0 N–H and O–H groups in total. The van der Waals surface area contributed by atoms with Gasteiger partial charge in [0.25, 0.3) is 0 Å². The molecule has 0 aliphatic rings. The second kappa shape index (κ2) is 5.08. The molecule has 62 valence electrons. The summed E-state index contributed by atoms with van der Waals surface area (Å²) in [6.45, 7) is 6.29. The zero-order chi connectivity index (χ0) is 8.85. The summed E-state index contributed by atoms with van der Waals surface area (Å²) in [5.41, 5.74) is 1.11. The molecule has 0 atom stereocenters. The van der Waals surface area contributed by atoms with E-state index in [1.165, 1.54) is 0 Å². The summed E-state index contributed by atoms with van der Waals surface area (Å²) >= 11 is 5.47. The fraction of sp³-hybridized carbons (Fsp3) is 0.375. The molecule has 11 heavy (non-hydrogen) atoms. The van der Waals surface area contributed by atoms with Gasteiger partial charge in [0.1, 0.15) is 6.67 Å². The van der Waals surface area contributed by atoms with Crippen LogP contribution >= 0.6 is 11.6 Å². The zero-order valence-electron chi connectivity index (χ0n) is 6.69. The summed E-state index contributed by atoms with van der Waals surface area (Å²) in [5.74, 6) is 0. The molecule has 3 heteroatoms. The highest BCUT2D eigenvalue weighted by molar-refractivity contribution is 6.30. The quantitative estimate of drug-likeness (QED) is 0.462. The molecule has 0 saturated heterocycles. The summed E-state index contributed by atoms with van der Waals surface area (Å²) in [6.07, 6.45) is 1.58. The van der Waals surface area contributed by atoms with Crippen molar-refractivity contribution < 1.29 is 4.39 Å². The summed E-state index contributed by atoms with van der Waals surface area (Å²) in [5, 5.41) is 0.401. The smallest absolute Gasteiger partial charge is 0.127 e. The molecule has 0 aromatic rings. The third kappa shape index (κ3) is 5.80. The van der Waals surface area contributed by atoms with Gasteiger partial charge in [-0.25, -0.2) is 4.39 Å². The van der Waals surface area contributed by atoms with E-state index in [1.807, 2.05) is 0 Å². The molecule has 0 saturated carbocycles. The average Bonchev–Trinajstić information content (AvgIpc) is 1.85. The predicted molar refractivity (Wildman–Crippen MR) is 47.8 cm³/mol. The van der Waals surface area contributed by atoms with Crippen LogP contribution in [0.4, 0.5) is 4.39 Å². The van der Waals surface area contributed by atoms with E-state index in [2.05, 4.69) is 11.6 Å². The molecule has 0 heterocycles. The Labute approximate surface area is 71.3 Å². The van der Waals surface area contributed by atoms with Gasteiger partial charge < -0.3 is 0 Å². The summed E-state index contributed by atoms with van der Waals surface area (Å²) in [7, 11) is 0. The number of hydrogen-bond acceptors (Lipinski definition) is 1. The average molecular weight is 176 g/mol. The molecular weight excluding hydrogens is 165 g/mol. The summed E-state index contributed by atoms with van der Waals surface area (Å²) in [4.78, 5) is 3.89. The Morgan fingerprint density at radius 2 is 2.18 bits per heavy atom. The van der Waals surface area contributed by atoms with Crippen LogP contribution in [0.25, 0.3) is 0 Å². The third-order valence-corrected chi connectivity index (χ3v) is 1.04.